The zero-order valence-electron chi connectivity index (χ0n) is 7.10. The van der Waals surface area contributed by atoms with E-state index in [2.05, 4.69) is 22.5 Å². The first-order chi connectivity index (χ1) is 5.73. The summed E-state index contributed by atoms with van der Waals surface area (Å²) in [5, 5.41) is 8.66. The van der Waals surface area contributed by atoms with Crippen molar-refractivity contribution in [2.24, 2.45) is 0 Å². The third-order valence-corrected chi connectivity index (χ3v) is 1.55. The van der Waals surface area contributed by atoms with Crippen LogP contribution in [0.1, 0.15) is 0 Å². The number of rotatable bonds is 4. The number of halogens is 4. The van der Waals surface area contributed by atoms with Gasteiger partial charge in [0.2, 0.25) is 0 Å². The van der Waals surface area contributed by atoms with E-state index in [0.717, 1.165) is 0 Å². The minimum atomic E-state index is -4.55. The third kappa shape index (κ3) is 6.06. The van der Waals surface area contributed by atoms with Crippen LogP contribution in [-0.2, 0) is 0 Å². The first-order valence-corrected chi connectivity index (χ1v) is 4.29. The Bertz CT molecular complexity index is 183. The molecule has 0 fully saturated rings. The molecule has 0 aromatic heterocycles. The van der Waals surface area contributed by atoms with Crippen molar-refractivity contribution in [1.82, 2.24) is 4.90 Å². The van der Waals surface area contributed by atoms with Gasteiger partial charge in [-0.15, -0.1) is 0 Å². The number of nitrogens with zero attached hydrogens (tertiary/aromatic N) is 1. The number of hydrogen-bond donors (Lipinski definition) is 1. The Morgan fingerprint density at radius 2 is 2.08 bits per heavy atom. The van der Waals surface area contributed by atoms with Crippen LogP contribution in [0.2, 0.25) is 0 Å². The van der Waals surface area contributed by atoms with E-state index in [9.17, 15) is 13.2 Å². The third-order valence-electron chi connectivity index (χ3n) is 1.30. The molecule has 13 heavy (non-hydrogen) atoms. The second kappa shape index (κ2) is 4.97. The minimum Gasteiger partial charge on any atom is -0.382 e. The summed E-state index contributed by atoms with van der Waals surface area (Å²) in [5.41, 5.74) is 0. The van der Waals surface area contributed by atoms with Crippen LogP contribution >= 0.6 is 15.9 Å². The number of likely N-dealkylation sites (N-methyl/N-ethyl adjacent to an activating group) is 1. The molecule has 0 spiro atoms. The van der Waals surface area contributed by atoms with E-state index in [1.54, 1.807) is 0 Å². The van der Waals surface area contributed by atoms with Gasteiger partial charge < -0.3 is 5.11 Å². The summed E-state index contributed by atoms with van der Waals surface area (Å²) in [5.74, 6) is 0. The molecule has 1 atom stereocenters. The highest BCUT2D eigenvalue weighted by Gasteiger charge is 2.38. The highest BCUT2D eigenvalue weighted by atomic mass is 79.9. The fourth-order valence-electron chi connectivity index (χ4n) is 0.756. The molecule has 2 nitrogen and oxygen atoms in total. The molecule has 0 aliphatic carbocycles. The Kier molecular flexibility index (Phi) is 4.95. The predicted octanol–water partition coefficient (Wildman–Crippen LogP) is 1.75. The van der Waals surface area contributed by atoms with Crippen LogP contribution in [-0.4, -0.2) is 42.4 Å². The quantitative estimate of drug-likeness (QED) is 0.834. The number of aliphatic hydroxyl groups is 1. The molecule has 78 valence electrons. The number of aliphatic hydroxyl groups excluding tert-OH is 1. The largest absolute Gasteiger partial charge is 0.415 e. The molecule has 1 unspecified atom stereocenters. The van der Waals surface area contributed by atoms with E-state index in [4.69, 9.17) is 5.11 Å². The van der Waals surface area contributed by atoms with E-state index in [1.807, 2.05) is 0 Å². The summed E-state index contributed by atoms with van der Waals surface area (Å²) in [6.45, 7) is 3.30. The first kappa shape index (κ1) is 12.9. The second-order valence-corrected chi connectivity index (χ2v) is 3.89. The van der Waals surface area contributed by atoms with Crippen molar-refractivity contribution in [3.8, 4) is 0 Å². The van der Waals surface area contributed by atoms with Gasteiger partial charge in [0.15, 0.2) is 6.10 Å². The van der Waals surface area contributed by atoms with Crippen LogP contribution < -0.4 is 0 Å². The molecule has 0 rings (SSSR count). The van der Waals surface area contributed by atoms with Gasteiger partial charge in [0.1, 0.15) is 0 Å². The van der Waals surface area contributed by atoms with Crippen LogP contribution in [0.3, 0.4) is 0 Å². The Morgan fingerprint density at radius 3 is 2.38 bits per heavy atom. The van der Waals surface area contributed by atoms with Crippen LogP contribution in [0.5, 0.6) is 0 Å². The van der Waals surface area contributed by atoms with Crippen molar-refractivity contribution in [1.29, 1.82) is 0 Å². The summed E-state index contributed by atoms with van der Waals surface area (Å²) < 4.78 is 36.1. The SMILES string of the molecule is C=C(Br)CN(C)CC(O)C(F)(F)F. The lowest BCUT2D eigenvalue weighted by atomic mass is 10.3. The van der Waals surface area contributed by atoms with Crippen LogP contribution in [0.15, 0.2) is 11.1 Å². The first-order valence-electron chi connectivity index (χ1n) is 3.50. The maximum atomic E-state index is 11.8. The van der Waals surface area contributed by atoms with Crippen molar-refractivity contribution in [2.75, 3.05) is 20.1 Å². The molecule has 1 N–H and O–H groups in total. The molecule has 0 heterocycles. The van der Waals surface area contributed by atoms with E-state index in [-0.39, 0.29) is 6.54 Å². The molecule has 0 saturated carbocycles. The van der Waals surface area contributed by atoms with Crippen molar-refractivity contribution in [3.05, 3.63) is 11.1 Å². The molecule has 0 aromatic rings. The molecule has 6 heteroatoms. The molecular formula is C7H11BrF3NO. The maximum absolute atomic E-state index is 11.8. The topological polar surface area (TPSA) is 23.5 Å². The fourth-order valence-corrected chi connectivity index (χ4v) is 1.18. The lowest BCUT2D eigenvalue weighted by Crippen LogP contribution is -2.39. The van der Waals surface area contributed by atoms with Gasteiger partial charge in [0, 0.05) is 17.6 Å². The Morgan fingerprint density at radius 1 is 1.62 bits per heavy atom. The van der Waals surface area contributed by atoms with Crippen molar-refractivity contribution in [3.63, 3.8) is 0 Å². The molecule has 0 aliphatic rings. The smallest absolute Gasteiger partial charge is 0.382 e. The van der Waals surface area contributed by atoms with E-state index in [1.165, 1.54) is 11.9 Å². The van der Waals surface area contributed by atoms with E-state index < -0.39 is 18.8 Å². The van der Waals surface area contributed by atoms with Gasteiger partial charge in [-0.1, -0.05) is 22.5 Å². The van der Waals surface area contributed by atoms with E-state index in [0.29, 0.717) is 4.48 Å². The average molecular weight is 262 g/mol. The summed E-state index contributed by atoms with van der Waals surface area (Å²) in [6, 6.07) is 0. The standard InChI is InChI=1S/C7H11BrF3NO/c1-5(8)3-12(2)4-6(13)7(9,10)11/h6,13H,1,3-4H2,2H3. The maximum Gasteiger partial charge on any atom is 0.415 e. The minimum absolute atomic E-state index is 0.271. The molecule has 0 amide bonds. The van der Waals surface area contributed by atoms with Gasteiger partial charge in [0.05, 0.1) is 0 Å². The molecule has 0 aromatic carbocycles. The van der Waals surface area contributed by atoms with Gasteiger partial charge >= 0.3 is 6.18 Å². The Balaban J connectivity index is 3.92. The van der Waals surface area contributed by atoms with Crippen molar-refractivity contribution < 1.29 is 18.3 Å². The monoisotopic (exact) mass is 261 g/mol. The van der Waals surface area contributed by atoms with Gasteiger partial charge in [0.25, 0.3) is 0 Å². The molecule has 0 saturated heterocycles. The van der Waals surface area contributed by atoms with Crippen molar-refractivity contribution >= 4 is 15.9 Å². The summed E-state index contributed by atoms with van der Waals surface area (Å²) in [7, 11) is 1.47. The number of alkyl halides is 3. The molecule has 0 bridgehead atoms. The lowest BCUT2D eigenvalue weighted by Gasteiger charge is -2.21. The van der Waals surface area contributed by atoms with Crippen LogP contribution in [0.4, 0.5) is 13.2 Å². The summed E-state index contributed by atoms with van der Waals surface area (Å²) in [6.07, 6.45) is -6.86. The summed E-state index contributed by atoms with van der Waals surface area (Å²) >= 11 is 3.02. The van der Waals surface area contributed by atoms with Gasteiger partial charge in [-0.3, -0.25) is 4.90 Å². The Hall–Kier alpha value is -0.0700. The highest BCUT2D eigenvalue weighted by molar-refractivity contribution is 9.11. The number of hydrogen-bond acceptors (Lipinski definition) is 2. The summed E-state index contributed by atoms with van der Waals surface area (Å²) in [4.78, 5) is 1.33. The fraction of sp³-hybridized carbons (Fsp3) is 0.714. The van der Waals surface area contributed by atoms with E-state index >= 15 is 0 Å². The normalized spacial score (nSPS) is 14.7. The van der Waals surface area contributed by atoms with Crippen LogP contribution in [0, 0.1) is 0 Å². The van der Waals surface area contributed by atoms with Crippen molar-refractivity contribution in [2.45, 2.75) is 12.3 Å². The highest BCUT2D eigenvalue weighted by Crippen LogP contribution is 2.20. The molecule has 0 aliphatic heterocycles. The average Bonchev–Trinajstić information content (AvgIpc) is 1.82. The molecule has 0 radical (unpaired) electrons. The lowest BCUT2D eigenvalue weighted by molar-refractivity contribution is -0.207. The van der Waals surface area contributed by atoms with Gasteiger partial charge in [-0.25, -0.2) is 0 Å². The van der Waals surface area contributed by atoms with Gasteiger partial charge in [-0.05, 0) is 7.05 Å². The zero-order chi connectivity index (χ0) is 10.6. The molecular weight excluding hydrogens is 251 g/mol. The Labute approximate surface area is 83.2 Å². The van der Waals surface area contributed by atoms with Crippen LogP contribution in [0.25, 0.3) is 0 Å². The van der Waals surface area contributed by atoms with Gasteiger partial charge in [-0.2, -0.15) is 13.2 Å². The zero-order valence-corrected chi connectivity index (χ0v) is 8.69. The second-order valence-electron chi connectivity index (χ2n) is 2.77. The predicted molar refractivity (Wildman–Crippen MR) is 47.6 cm³/mol.